The lowest BCUT2D eigenvalue weighted by Crippen LogP contribution is -2.32. The van der Waals surface area contributed by atoms with Crippen molar-refractivity contribution in [2.45, 2.75) is 26.9 Å². The Morgan fingerprint density at radius 1 is 1.26 bits per heavy atom. The van der Waals surface area contributed by atoms with Gasteiger partial charge in [-0.2, -0.15) is 0 Å². The molecule has 1 saturated heterocycles. The van der Waals surface area contributed by atoms with E-state index >= 15 is 0 Å². The Balaban J connectivity index is 1.57. The van der Waals surface area contributed by atoms with Crippen LogP contribution in [0.25, 0.3) is 5.57 Å². The standard InChI is InChI=1S/C22H25ClFN5O2/c1-11-7-26-8-19(11)31-18-6-14(24)4-5-15(18)22(30)29-9-16(17(25)10-29)21-27-12(2)20(23)13(3)28-21/h4-6,11,19,26H,7-10,25H2,1-3H3/t11-,19-/m0/s1. The van der Waals surface area contributed by atoms with Crippen molar-refractivity contribution in [3.63, 3.8) is 0 Å². The molecule has 1 aromatic carbocycles. The minimum absolute atomic E-state index is 0.126. The molecular formula is C22H25ClFN5O2. The van der Waals surface area contributed by atoms with Crippen LogP contribution in [0.15, 0.2) is 23.9 Å². The normalized spacial score (nSPS) is 21.1. The maximum atomic E-state index is 13.9. The second-order valence-corrected chi connectivity index (χ2v) is 8.51. The van der Waals surface area contributed by atoms with E-state index in [0.29, 0.717) is 45.6 Å². The Labute approximate surface area is 185 Å². The molecule has 31 heavy (non-hydrogen) atoms. The van der Waals surface area contributed by atoms with Crippen LogP contribution in [0.4, 0.5) is 4.39 Å². The molecule has 0 aliphatic carbocycles. The summed E-state index contributed by atoms with van der Waals surface area (Å²) in [5, 5.41) is 3.75. The number of ether oxygens (including phenoxy) is 1. The predicted molar refractivity (Wildman–Crippen MR) is 116 cm³/mol. The van der Waals surface area contributed by atoms with Crippen molar-refractivity contribution in [2.24, 2.45) is 11.7 Å². The zero-order chi connectivity index (χ0) is 22.3. The maximum Gasteiger partial charge on any atom is 0.258 e. The van der Waals surface area contributed by atoms with Crippen molar-refractivity contribution >= 4 is 23.1 Å². The van der Waals surface area contributed by atoms with Gasteiger partial charge in [0.1, 0.15) is 17.7 Å². The number of nitrogens with zero attached hydrogens (tertiary/aromatic N) is 3. The molecule has 2 aliphatic rings. The molecule has 164 valence electrons. The second-order valence-electron chi connectivity index (χ2n) is 8.13. The first-order chi connectivity index (χ1) is 14.7. The van der Waals surface area contributed by atoms with E-state index in [1.54, 1.807) is 18.7 Å². The van der Waals surface area contributed by atoms with Crippen molar-refractivity contribution in [1.82, 2.24) is 20.2 Å². The molecule has 1 aromatic heterocycles. The summed E-state index contributed by atoms with van der Waals surface area (Å²) < 4.78 is 20.0. The lowest BCUT2D eigenvalue weighted by atomic mass is 10.1. The highest BCUT2D eigenvalue weighted by atomic mass is 35.5. The van der Waals surface area contributed by atoms with Crippen LogP contribution in [0.5, 0.6) is 5.75 Å². The van der Waals surface area contributed by atoms with E-state index in [2.05, 4.69) is 22.2 Å². The zero-order valence-corrected chi connectivity index (χ0v) is 18.5. The van der Waals surface area contributed by atoms with Gasteiger partial charge in [-0.05, 0) is 26.0 Å². The fourth-order valence-electron chi connectivity index (χ4n) is 3.89. The van der Waals surface area contributed by atoms with E-state index in [4.69, 9.17) is 22.1 Å². The molecule has 0 unspecified atom stereocenters. The first-order valence-corrected chi connectivity index (χ1v) is 10.6. The number of aromatic nitrogens is 2. The van der Waals surface area contributed by atoms with Crippen LogP contribution >= 0.6 is 11.6 Å². The topological polar surface area (TPSA) is 93.4 Å². The molecule has 0 bridgehead atoms. The fraction of sp³-hybridized carbons (Fsp3) is 0.409. The lowest BCUT2D eigenvalue weighted by Gasteiger charge is -2.22. The molecule has 9 heteroatoms. The molecule has 0 spiro atoms. The number of nitrogens with two attached hydrogens (primary N) is 1. The summed E-state index contributed by atoms with van der Waals surface area (Å²) in [4.78, 5) is 23.8. The van der Waals surface area contributed by atoms with Gasteiger partial charge in [0.2, 0.25) is 0 Å². The van der Waals surface area contributed by atoms with Crippen LogP contribution in [0, 0.1) is 25.6 Å². The summed E-state index contributed by atoms with van der Waals surface area (Å²) in [6.45, 7) is 7.62. The van der Waals surface area contributed by atoms with Crippen molar-refractivity contribution in [2.75, 3.05) is 26.2 Å². The van der Waals surface area contributed by atoms with E-state index in [0.717, 1.165) is 6.54 Å². The lowest BCUT2D eigenvalue weighted by molar-refractivity contribution is 0.0789. The number of halogens is 2. The monoisotopic (exact) mass is 445 g/mol. The number of carbonyl (C=O) groups excluding carboxylic acids is 1. The molecule has 7 nitrogen and oxygen atoms in total. The quantitative estimate of drug-likeness (QED) is 0.751. The Kier molecular flexibility index (Phi) is 5.85. The van der Waals surface area contributed by atoms with E-state index in [9.17, 15) is 9.18 Å². The summed E-state index contributed by atoms with van der Waals surface area (Å²) in [7, 11) is 0. The Bertz CT molecular complexity index is 1050. The highest BCUT2D eigenvalue weighted by Gasteiger charge is 2.31. The van der Waals surface area contributed by atoms with Gasteiger partial charge in [-0.3, -0.25) is 4.79 Å². The number of aryl methyl sites for hydroxylation is 2. The van der Waals surface area contributed by atoms with Gasteiger partial charge in [-0.15, -0.1) is 0 Å². The minimum atomic E-state index is -0.453. The molecule has 1 fully saturated rings. The molecule has 0 saturated carbocycles. The van der Waals surface area contributed by atoms with Gasteiger partial charge in [-0.1, -0.05) is 18.5 Å². The van der Waals surface area contributed by atoms with Gasteiger partial charge in [0.25, 0.3) is 5.91 Å². The van der Waals surface area contributed by atoms with E-state index < -0.39 is 5.82 Å². The second kappa shape index (κ2) is 8.43. The summed E-state index contributed by atoms with van der Waals surface area (Å²) in [6, 6.07) is 3.99. The molecular weight excluding hydrogens is 421 g/mol. The van der Waals surface area contributed by atoms with Gasteiger partial charge in [-0.25, -0.2) is 14.4 Å². The molecule has 3 N–H and O–H groups in total. The van der Waals surface area contributed by atoms with Crippen LogP contribution in [-0.4, -0.2) is 53.1 Å². The molecule has 2 aliphatic heterocycles. The highest BCUT2D eigenvalue weighted by Crippen LogP contribution is 2.30. The van der Waals surface area contributed by atoms with Crippen LogP contribution in [0.1, 0.15) is 34.5 Å². The first kappa shape index (κ1) is 21.5. The van der Waals surface area contributed by atoms with Crippen LogP contribution < -0.4 is 15.8 Å². The number of rotatable bonds is 4. The average molecular weight is 446 g/mol. The third kappa shape index (κ3) is 4.22. The van der Waals surface area contributed by atoms with Gasteiger partial charge in [0.15, 0.2) is 5.82 Å². The molecule has 1 amide bonds. The third-order valence-corrected chi connectivity index (χ3v) is 6.28. The van der Waals surface area contributed by atoms with Crippen molar-refractivity contribution in [3.8, 4) is 5.75 Å². The minimum Gasteiger partial charge on any atom is -0.488 e. The van der Waals surface area contributed by atoms with Crippen molar-refractivity contribution in [1.29, 1.82) is 0 Å². The van der Waals surface area contributed by atoms with E-state index in [1.165, 1.54) is 18.2 Å². The molecule has 0 radical (unpaired) electrons. The number of benzene rings is 1. The maximum absolute atomic E-state index is 13.9. The van der Waals surface area contributed by atoms with Gasteiger partial charge >= 0.3 is 0 Å². The average Bonchev–Trinajstić information content (AvgIpc) is 3.31. The number of carbonyl (C=O) groups is 1. The smallest absolute Gasteiger partial charge is 0.258 e. The highest BCUT2D eigenvalue weighted by molar-refractivity contribution is 6.31. The number of nitrogens with one attached hydrogen (secondary N) is 1. The van der Waals surface area contributed by atoms with Gasteiger partial charge in [0.05, 0.1) is 35.1 Å². The molecule has 2 atom stereocenters. The van der Waals surface area contributed by atoms with Gasteiger partial charge in [0, 0.05) is 36.3 Å². The third-order valence-electron chi connectivity index (χ3n) is 5.74. The van der Waals surface area contributed by atoms with Crippen molar-refractivity contribution < 1.29 is 13.9 Å². The SMILES string of the molecule is Cc1nc(C2=C(N)CN(C(=O)c3ccc(F)cc3O[C@H]3CNC[C@@H]3C)C2)nc(C)c1Cl. The fourth-order valence-corrected chi connectivity index (χ4v) is 3.98. The molecule has 3 heterocycles. The Morgan fingerprint density at radius 2 is 1.97 bits per heavy atom. The summed E-state index contributed by atoms with van der Waals surface area (Å²) >= 11 is 6.18. The Hall–Kier alpha value is -2.71. The molecule has 4 rings (SSSR count). The van der Waals surface area contributed by atoms with Crippen LogP contribution in [-0.2, 0) is 0 Å². The van der Waals surface area contributed by atoms with Gasteiger partial charge < -0.3 is 20.7 Å². The van der Waals surface area contributed by atoms with E-state index in [-0.39, 0.29) is 36.8 Å². The van der Waals surface area contributed by atoms with Crippen LogP contribution in [0.2, 0.25) is 5.02 Å². The predicted octanol–water partition coefficient (Wildman–Crippen LogP) is 2.70. The summed E-state index contributed by atoms with van der Waals surface area (Å²) in [6.07, 6.45) is -0.126. The Morgan fingerprint density at radius 3 is 2.61 bits per heavy atom. The largest absolute Gasteiger partial charge is 0.488 e. The molecule has 2 aromatic rings. The van der Waals surface area contributed by atoms with E-state index in [1.807, 2.05) is 0 Å². The number of amides is 1. The number of hydrogen-bond donors (Lipinski definition) is 2. The number of hydrogen-bond acceptors (Lipinski definition) is 6. The zero-order valence-electron chi connectivity index (χ0n) is 17.7. The summed E-state index contributed by atoms with van der Waals surface area (Å²) in [5.74, 6) is 0.232. The van der Waals surface area contributed by atoms with Crippen molar-refractivity contribution in [3.05, 3.63) is 57.5 Å². The summed E-state index contributed by atoms with van der Waals surface area (Å²) in [5.41, 5.74) is 9.07. The van der Waals surface area contributed by atoms with Crippen LogP contribution in [0.3, 0.4) is 0 Å². The first-order valence-electron chi connectivity index (χ1n) is 10.2.